The van der Waals surface area contributed by atoms with Gasteiger partial charge < -0.3 is 0 Å². The molecule has 1 atom stereocenters. The molecule has 1 aromatic carbocycles. The van der Waals surface area contributed by atoms with Gasteiger partial charge in [0.2, 0.25) is 0 Å². The van der Waals surface area contributed by atoms with Crippen LogP contribution in [0.5, 0.6) is 0 Å². The number of Topliss-reactive ketones (excluding diaryl/α,β-unsaturated/α-hetero) is 1. The van der Waals surface area contributed by atoms with Gasteiger partial charge in [-0.25, -0.2) is 0 Å². The maximum atomic E-state index is 11.2. The van der Waals surface area contributed by atoms with Crippen molar-refractivity contribution in [2.45, 2.75) is 29.9 Å². The Labute approximate surface area is 94.6 Å². The second-order valence-electron chi connectivity index (χ2n) is 3.78. The lowest BCUT2D eigenvalue weighted by Crippen LogP contribution is -1.99. The normalized spacial score (nSPS) is 20.1. The lowest BCUT2D eigenvalue weighted by molar-refractivity contribution is -0.113. The zero-order chi connectivity index (χ0) is 10.7. The highest BCUT2D eigenvalue weighted by atomic mass is 32.2. The summed E-state index contributed by atoms with van der Waals surface area (Å²) in [4.78, 5) is 12.5. The second kappa shape index (κ2) is 4.67. The minimum Gasteiger partial charge on any atom is -0.295 e. The molecular formula is C13H14OS. The number of allylic oxidation sites excluding steroid dienone is 2. The summed E-state index contributed by atoms with van der Waals surface area (Å²) in [5.41, 5.74) is 1.00. The number of carbonyl (C=O) groups excluding carboxylic acids is 1. The van der Waals surface area contributed by atoms with E-state index in [1.54, 1.807) is 6.92 Å². The Balaban J connectivity index is 1.93. The number of ketones is 1. The van der Waals surface area contributed by atoms with Crippen molar-refractivity contribution in [2.75, 3.05) is 0 Å². The standard InChI is InChI=1S/C13H14OS/c1-10(14)11-7-8-13(9-11)15-12-5-3-2-4-6-12/h2-7,13H,8-9H2,1H3. The van der Waals surface area contributed by atoms with E-state index in [0.29, 0.717) is 5.25 Å². The minimum absolute atomic E-state index is 0.228. The lowest BCUT2D eigenvalue weighted by Gasteiger charge is -2.08. The average molecular weight is 218 g/mol. The SMILES string of the molecule is CC(=O)C1=CCC(Sc2ccccc2)C1. The van der Waals surface area contributed by atoms with E-state index in [9.17, 15) is 4.79 Å². The molecule has 2 heteroatoms. The molecule has 0 bridgehead atoms. The molecule has 0 N–H and O–H groups in total. The van der Waals surface area contributed by atoms with E-state index in [1.807, 2.05) is 17.8 Å². The number of benzene rings is 1. The summed E-state index contributed by atoms with van der Waals surface area (Å²) < 4.78 is 0. The molecule has 0 saturated heterocycles. The van der Waals surface area contributed by atoms with E-state index in [0.717, 1.165) is 18.4 Å². The Morgan fingerprint density at radius 2 is 2.07 bits per heavy atom. The number of hydrogen-bond acceptors (Lipinski definition) is 2. The van der Waals surface area contributed by atoms with E-state index >= 15 is 0 Å². The topological polar surface area (TPSA) is 17.1 Å². The number of carbonyl (C=O) groups is 1. The molecule has 0 saturated carbocycles. The van der Waals surface area contributed by atoms with Crippen LogP contribution >= 0.6 is 11.8 Å². The van der Waals surface area contributed by atoms with Crippen molar-refractivity contribution in [3.05, 3.63) is 42.0 Å². The zero-order valence-electron chi connectivity index (χ0n) is 8.77. The van der Waals surface area contributed by atoms with Crippen LogP contribution in [-0.4, -0.2) is 11.0 Å². The van der Waals surface area contributed by atoms with Gasteiger partial charge in [-0.3, -0.25) is 4.79 Å². The van der Waals surface area contributed by atoms with Gasteiger partial charge in [-0.2, -0.15) is 0 Å². The summed E-state index contributed by atoms with van der Waals surface area (Å²) in [5.74, 6) is 0.228. The Hall–Kier alpha value is -1.02. The van der Waals surface area contributed by atoms with E-state index in [-0.39, 0.29) is 5.78 Å². The monoisotopic (exact) mass is 218 g/mol. The van der Waals surface area contributed by atoms with Crippen molar-refractivity contribution in [3.8, 4) is 0 Å². The molecule has 0 fully saturated rings. The number of thioether (sulfide) groups is 1. The van der Waals surface area contributed by atoms with Crippen LogP contribution in [0.2, 0.25) is 0 Å². The number of rotatable bonds is 3. The van der Waals surface area contributed by atoms with Crippen molar-refractivity contribution < 1.29 is 4.79 Å². The first kappa shape index (κ1) is 10.5. The fraction of sp³-hybridized carbons (Fsp3) is 0.308. The third-order valence-corrected chi connectivity index (χ3v) is 3.81. The quantitative estimate of drug-likeness (QED) is 0.773. The highest BCUT2D eigenvalue weighted by Gasteiger charge is 2.20. The van der Waals surface area contributed by atoms with E-state index in [4.69, 9.17) is 0 Å². The summed E-state index contributed by atoms with van der Waals surface area (Å²) in [6, 6.07) is 10.4. The third-order valence-electron chi connectivity index (χ3n) is 2.57. The van der Waals surface area contributed by atoms with Gasteiger partial charge in [-0.1, -0.05) is 24.3 Å². The molecule has 0 spiro atoms. The molecule has 0 radical (unpaired) electrons. The summed E-state index contributed by atoms with van der Waals surface area (Å²) in [6.45, 7) is 1.65. The van der Waals surface area contributed by atoms with Crippen LogP contribution in [0.3, 0.4) is 0 Å². The highest BCUT2D eigenvalue weighted by molar-refractivity contribution is 8.00. The highest BCUT2D eigenvalue weighted by Crippen LogP contribution is 2.34. The smallest absolute Gasteiger partial charge is 0.155 e. The van der Waals surface area contributed by atoms with Gasteiger partial charge >= 0.3 is 0 Å². The molecule has 2 rings (SSSR count). The molecule has 0 aromatic heterocycles. The molecule has 0 aliphatic heterocycles. The largest absolute Gasteiger partial charge is 0.295 e. The van der Waals surface area contributed by atoms with Gasteiger partial charge in [0, 0.05) is 10.1 Å². The van der Waals surface area contributed by atoms with Crippen LogP contribution in [0, 0.1) is 0 Å². The van der Waals surface area contributed by atoms with Crippen molar-refractivity contribution in [3.63, 3.8) is 0 Å². The Kier molecular flexibility index (Phi) is 3.27. The maximum Gasteiger partial charge on any atom is 0.155 e. The van der Waals surface area contributed by atoms with E-state index in [1.165, 1.54) is 4.90 Å². The molecular weight excluding hydrogens is 204 g/mol. The van der Waals surface area contributed by atoms with E-state index < -0.39 is 0 Å². The number of hydrogen-bond donors (Lipinski definition) is 0. The predicted molar refractivity (Wildman–Crippen MR) is 64.1 cm³/mol. The summed E-state index contributed by atoms with van der Waals surface area (Å²) in [6.07, 6.45) is 4.03. The van der Waals surface area contributed by atoms with Gasteiger partial charge in [-0.15, -0.1) is 11.8 Å². The molecule has 15 heavy (non-hydrogen) atoms. The van der Waals surface area contributed by atoms with Gasteiger partial charge in [0.15, 0.2) is 5.78 Å². The van der Waals surface area contributed by atoms with Crippen LogP contribution < -0.4 is 0 Å². The van der Waals surface area contributed by atoms with Crippen LogP contribution in [-0.2, 0) is 4.79 Å². The molecule has 1 aliphatic rings. The van der Waals surface area contributed by atoms with Crippen molar-refractivity contribution in [2.24, 2.45) is 0 Å². The van der Waals surface area contributed by atoms with E-state index in [2.05, 4.69) is 30.3 Å². The maximum absolute atomic E-state index is 11.2. The van der Waals surface area contributed by atoms with Crippen molar-refractivity contribution in [1.82, 2.24) is 0 Å². The van der Waals surface area contributed by atoms with Crippen LogP contribution in [0.25, 0.3) is 0 Å². The molecule has 1 unspecified atom stereocenters. The Morgan fingerprint density at radius 1 is 1.33 bits per heavy atom. The van der Waals surface area contributed by atoms with Gasteiger partial charge in [-0.05, 0) is 37.5 Å². The minimum atomic E-state index is 0.228. The third kappa shape index (κ3) is 2.72. The van der Waals surface area contributed by atoms with Crippen LogP contribution in [0.1, 0.15) is 19.8 Å². The van der Waals surface area contributed by atoms with Gasteiger partial charge in [0.25, 0.3) is 0 Å². The fourth-order valence-corrected chi connectivity index (χ4v) is 2.91. The van der Waals surface area contributed by atoms with Crippen LogP contribution in [0.15, 0.2) is 46.9 Å². The molecule has 0 heterocycles. The molecule has 1 aliphatic carbocycles. The van der Waals surface area contributed by atoms with Crippen molar-refractivity contribution >= 4 is 17.5 Å². The summed E-state index contributed by atoms with van der Waals surface area (Å²) >= 11 is 1.87. The van der Waals surface area contributed by atoms with Gasteiger partial charge in [0.1, 0.15) is 0 Å². The first-order valence-electron chi connectivity index (χ1n) is 5.17. The predicted octanol–water partition coefficient (Wildman–Crippen LogP) is 3.46. The van der Waals surface area contributed by atoms with Crippen LogP contribution in [0.4, 0.5) is 0 Å². The Bertz CT molecular complexity index is 381. The summed E-state index contributed by atoms with van der Waals surface area (Å²) in [5, 5.41) is 0.548. The fourth-order valence-electron chi connectivity index (χ4n) is 1.75. The first-order valence-corrected chi connectivity index (χ1v) is 6.05. The molecule has 1 nitrogen and oxygen atoms in total. The summed E-state index contributed by atoms with van der Waals surface area (Å²) in [7, 11) is 0. The first-order chi connectivity index (χ1) is 7.25. The van der Waals surface area contributed by atoms with Crippen molar-refractivity contribution in [1.29, 1.82) is 0 Å². The lowest BCUT2D eigenvalue weighted by atomic mass is 10.2. The second-order valence-corrected chi connectivity index (χ2v) is 5.15. The zero-order valence-corrected chi connectivity index (χ0v) is 9.59. The average Bonchev–Trinajstić information content (AvgIpc) is 2.68. The van der Waals surface area contributed by atoms with Gasteiger partial charge in [0.05, 0.1) is 0 Å². The molecule has 78 valence electrons. The Morgan fingerprint density at radius 3 is 2.67 bits per heavy atom. The molecule has 1 aromatic rings. The molecule has 0 amide bonds.